The number of sulfone groups is 1. The van der Waals surface area contributed by atoms with Crippen LogP contribution in [0.2, 0.25) is 5.02 Å². The fourth-order valence-electron chi connectivity index (χ4n) is 2.86. The lowest BCUT2D eigenvalue weighted by Crippen LogP contribution is -1.98. The number of thiophene rings is 1. The summed E-state index contributed by atoms with van der Waals surface area (Å²) >= 11 is 7.77. The Hall–Kier alpha value is -2.61. The fourth-order valence-corrected chi connectivity index (χ4v) is 4.75. The van der Waals surface area contributed by atoms with Crippen LogP contribution in [0, 0.1) is 0 Å². The van der Waals surface area contributed by atoms with Gasteiger partial charge in [-0.15, -0.1) is 16.4 Å². The highest BCUT2D eigenvalue weighted by atomic mass is 35.5. The second kappa shape index (κ2) is 7.09. The van der Waals surface area contributed by atoms with Gasteiger partial charge in [-0.05, 0) is 42.0 Å². The van der Waals surface area contributed by atoms with Crippen molar-refractivity contribution in [3.8, 4) is 32.6 Å². The second-order valence-corrected chi connectivity index (χ2v) is 9.72. The minimum Gasteiger partial charge on any atom is -0.492 e. The van der Waals surface area contributed by atoms with Crippen molar-refractivity contribution >= 4 is 32.8 Å². The summed E-state index contributed by atoms with van der Waals surface area (Å²) in [5, 5.41) is 14.6. The molecule has 0 aliphatic carbocycles. The number of aromatic nitrogens is 2. The Morgan fingerprint density at radius 2 is 1.75 bits per heavy atom. The van der Waals surface area contributed by atoms with Crippen LogP contribution in [0.3, 0.4) is 0 Å². The van der Waals surface area contributed by atoms with E-state index in [0.717, 1.165) is 15.3 Å². The van der Waals surface area contributed by atoms with E-state index in [1.54, 1.807) is 35.0 Å². The molecule has 142 valence electrons. The Morgan fingerprint density at radius 1 is 1.00 bits per heavy atom. The van der Waals surface area contributed by atoms with Gasteiger partial charge in [-0.3, -0.25) is 0 Å². The molecule has 5 nitrogen and oxygen atoms in total. The summed E-state index contributed by atoms with van der Waals surface area (Å²) in [4.78, 5) is 2.05. The number of hydrogen-bond donors (Lipinski definition) is 1. The molecular formula is C20H15ClN2O3S2. The Bertz CT molecular complexity index is 1280. The lowest BCUT2D eigenvalue weighted by Gasteiger charge is -2.07. The first kappa shape index (κ1) is 18.7. The van der Waals surface area contributed by atoms with E-state index in [9.17, 15) is 13.5 Å². The number of nitrogens with zero attached hydrogens (tertiary/aromatic N) is 2. The van der Waals surface area contributed by atoms with E-state index in [1.807, 2.05) is 36.4 Å². The third-order valence-electron chi connectivity index (χ3n) is 4.18. The molecule has 0 unspecified atom stereocenters. The smallest absolute Gasteiger partial charge is 0.231 e. The van der Waals surface area contributed by atoms with Crippen LogP contribution in [-0.2, 0) is 9.84 Å². The van der Waals surface area contributed by atoms with Gasteiger partial charge in [0.15, 0.2) is 9.84 Å². The maximum Gasteiger partial charge on any atom is 0.231 e. The summed E-state index contributed by atoms with van der Waals surface area (Å²) in [5.41, 5.74) is 2.17. The van der Waals surface area contributed by atoms with Gasteiger partial charge in [0.2, 0.25) is 5.88 Å². The Balaban J connectivity index is 1.79. The minimum atomic E-state index is -3.28. The van der Waals surface area contributed by atoms with E-state index in [1.165, 1.54) is 17.6 Å². The van der Waals surface area contributed by atoms with Crippen molar-refractivity contribution in [3.05, 3.63) is 71.8 Å². The summed E-state index contributed by atoms with van der Waals surface area (Å²) in [5.74, 6) is -0.107. The third kappa shape index (κ3) is 3.56. The summed E-state index contributed by atoms with van der Waals surface area (Å²) in [6.07, 6.45) is 1.19. The zero-order valence-corrected chi connectivity index (χ0v) is 17.1. The highest BCUT2D eigenvalue weighted by molar-refractivity contribution is 7.90. The SMILES string of the molecule is CS(=O)(=O)c1cccc(-c2ccc(-c3cc(O)nn3-c3ccccc3Cl)s2)c1. The Kier molecular flexibility index (Phi) is 4.74. The molecule has 0 saturated carbocycles. The van der Waals surface area contributed by atoms with Gasteiger partial charge in [-0.1, -0.05) is 35.9 Å². The molecule has 1 N–H and O–H groups in total. The first-order valence-corrected chi connectivity index (χ1v) is 11.4. The number of hydrogen-bond acceptors (Lipinski definition) is 5. The molecule has 28 heavy (non-hydrogen) atoms. The average molecular weight is 431 g/mol. The molecule has 4 rings (SSSR count). The lowest BCUT2D eigenvalue weighted by molar-refractivity contribution is 0.448. The minimum absolute atomic E-state index is 0.107. The number of rotatable bonds is 4. The zero-order chi connectivity index (χ0) is 19.9. The Labute approximate surface area is 171 Å². The van der Waals surface area contributed by atoms with Gasteiger partial charge in [0.25, 0.3) is 0 Å². The highest BCUT2D eigenvalue weighted by Gasteiger charge is 2.16. The topological polar surface area (TPSA) is 72.2 Å². The normalized spacial score (nSPS) is 11.6. The molecular weight excluding hydrogens is 416 g/mol. The van der Waals surface area contributed by atoms with E-state index < -0.39 is 9.84 Å². The van der Waals surface area contributed by atoms with Crippen LogP contribution in [0.15, 0.2) is 71.6 Å². The molecule has 0 saturated heterocycles. The number of para-hydroxylation sites is 1. The third-order valence-corrected chi connectivity index (χ3v) is 6.77. The molecule has 2 heterocycles. The first-order chi connectivity index (χ1) is 13.3. The average Bonchev–Trinajstić information content (AvgIpc) is 3.28. The van der Waals surface area contributed by atoms with Crippen LogP contribution in [0.5, 0.6) is 5.88 Å². The molecule has 0 amide bonds. The molecule has 0 aliphatic rings. The van der Waals surface area contributed by atoms with E-state index in [0.29, 0.717) is 16.4 Å². The van der Waals surface area contributed by atoms with E-state index in [2.05, 4.69) is 5.10 Å². The van der Waals surface area contributed by atoms with Crippen LogP contribution in [0.25, 0.3) is 26.7 Å². The number of aromatic hydroxyl groups is 1. The van der Waals surface area contributed by atoms with Crippen LogP contribution in [0.1, 0.15) is 0 Å². The summed E-state index contributed by atoms with van der Waals surface area (Å²) < 4.78 is 25.3. The fraction of sp³-hybridized carbons (Fsp3) is 0.0500. The van der Waals surface area contributed by atoms with Gasteiger partial charge in [-0.2, -0.15) is 0 Å². The van der Waals surface area contributed by atoms with Crippen molar-refractivity contribution in [1.29, 1.82) is 0 Å². The van der Waals surface area contributed by atoms with Crippen LogP contribution < -0.4 is 0 Å². The van der Waals surface area contributed by atoms with Gasteiger partial charge in [-0.25, -0.2) is 13.1 Å². The predicted octanol–water partition coefficient (Wildman–Crippen LogP) is 5.03. The quantitative estimate of drug-likeness (QED) is 0.492. The molecule has 0 atom stereocenters. The molecule has 0 spiro atoms. The molecule has 4 aromatic rings. The molecule has 0 fully saturated rings. The van der Waals surface area contributed by atoms with Crippen molar-refractivity contribution in [3.63, 3.8) is 0 Å². The standard InChI is InChI=1S/C20H15ClN2O3S2/c1-28(25,26)14-6-4-5-13(11-14)18-9-10-19(27-18)17-12-20(24)22-23(17)16-8-3-2-7-15(16)21/h2-12H,1H3,(H,22,24). The molecule has 0 bridgehead atoms. The van der Waals surface area contributed by atoms with Crippen molar-refractivity contribution in [2.24, 2.45) is 0 Å². The van der Waals surface area contributed by atoms with Crippen molar-refractivity contribution in [2.45, 2.75) is 4.90 Å². The summed E-state index contributed by atoms with van der Waals surface area (Å²) in [6.45, 7) is 0. The zero-order valence-electron chi connectivity index (χ0n) is 14.7. The molecule has 2 aromatic heterocycles. The predicted molar refractivity (Wildman–Crippen MR) is 112 cm³/mol. The number of halogens is 1. The van der Waals surface area contributed by atoms with Gasteiger partial charge in [0, 0.05) is 17.2 Å². The molecule has 0 aliphatic heterocycles. The van der Waals surface area contributed by atoms with Crippen molar-refractivity contribution in [1.82, 2.24) is 9.78 Å². The second-order valence-electron chi connectivity index (χ2n) is 6.21. The van der Waals surface area contributed by atoms with Crippen LogP contribution in [0.4, 0.5) is 0 Å². The monoisotopic (exact) mass is 430 g/mol. The van der Waals surface area contributed by atoms with E-state index in [-0.39, 0.29) is 10.8 Å². The van der Waals surface area contributed by atoms with Crippen LogP contribution in [-0.4, -0.2) is 29.6 Å². The van der Waals surface area contributed by atoms with Crippen LogP contribution >= 0.6 is 22.9 Å². The largest absolute Gasteiger partial charge is 0.492 e. The van der Waals surface area contributed by atoms with Gasteiger partial charge in [0.05, 0.1) is 26.2 Å². The Morgan fingerprint density at radius 3 is 2.50 bits per heavy atom. The lowest BCUT2D eigenvalue weighted by atomic mass is 10.2. The van der Waals surface area contributed by atoms with Gasteiger partial charge < -0.3 is 5.11 Å². The number of benzene rings is 2. The van der Waals surface area contributed by atoms with Gasteiger partial charge in [0.1, 0.15) is 0 Å². The summed E-state index contributed by atoms with van der Waals surface area (Å²) in [6, 6.07) is 19.5. The summed E-state index contributed by atoms with van der Waals surface area (Å²) in [7, 11) is -3.28. The highest BCUT2D eigenvalue weighted by Crippen LogP contribution is 2.37. The van der Waals surface area contributed by atoms with E-state index in [4.69, 9.17) is 11.6 Å². The van der Waals surface area contributed by atoms with Gasteiger partial charge >= 0.3 is 0 Å². The maximum atomic E-state index is 11.8. The molecule has 0 radical (unpaired) electrons. The van der Waals surface area contributed by atoms with Crippen molar-refractivity contribution in [2.75, 3.05) is 6.26 Å². The molecule has 8 heteroatoms. The first-order valence-electron chi connectivity index (χ1n) is 8.27. The molecule has 2 aromatic carbocycles. The van der Waals surface area contributed by atoms with E-state index >= 15 is 0 Å². The van der Waals surface area contributed by atoms with Crippen molar-refractivity contribution < 1.29 is 13.5 Å². The maximum absolute atomic E-state index is 11.8.